The molecule has 0 bridgehead atoms. The van der Waals surface area contributed by atoms with Crippen LogP contribution in [0.1, 0.15) is 0 Å². The number of nitrogens with zero attached hydrogens (tertiary/aromatic N) is 1. The van der Waals surface area contributed by atoms with Gasteiger partial charge in [0.25, 0.3) is 0 Å². The van der Waals surface area contributed by atoms with Gasteiger partial charge in [-0.05, 0) is 0 Å². The summed E-state index contributed by atoms with van der Waals surface area (Å²) in [6.45, 7) is 0. The van der Waals surface area contributed by atoms with Crippen molar-refractivity contribution in [3.63, 3.8) is 0 Å². The molecule has 0 radical (unpaired) electrons. The van der Waals surface area contributed by atoms with E-state index >= 15 is 0 Å². The van der Waals surface area contributed by atoms with Gasteiger partial charge in [0.05, 0.1) is 0 Å². The van der Waals surface area contributed by atoms with Gasteiger partial charge in [-0.1, -0.05) is 0 Å². The quantitative estimate of drug-likeness (QED) is 0.499. The summed E-state index contributed by atoms with van der Waals surface area (Å²) in [7, 11) is 14.9. The Hall–Kier alpha value is 0.958. The maximum absolute atomic E-state index is 8.00. The molecule has 0 spiro atoms. The van der Waals surface area contributed by atoms with Crippen molar-refractivity contribution in [2.75, 3.05) is 0 Å². The van der Waals surface area contributed by atoms with E-state index in [9.17, 15) is 0 Å². The van der Waals surface area contributed by atoms with Gasteiger partial charge < -0.3 is 10.1 Å². The average molecular weight is 347 g/mol. The topological polar surface area (TPSA) is 52.5 Å². The SMILES string of the molecule is O=N[O-].[Cl][Pt]([Cl])[Cl]. The third-order valence-electron chi connectivity index (χ3n) is 0. The van der Waals surface area contributed by atoms with Crippen molar-refractivity contribution in [1.82, 2.24) is 0 Å². The zero-order valence-corrected chi connectivity index (χ0v) is 7.25. The van der Waals surface area contributed by atoms with Crippen LogP contribution in [0.2, 0.25) is 0 Å². The van der Waals surface area contributed by atoms with E-state index in [1.165, 1.54) is 0 Å². The minimum atomic E-state index is -1.85. The van der Waals surface area contributed by atoms with Gasteiger partial charge in [0.2, 0.25) is 0 Å². The Morgan fingerprint density at radius 3 is 1.43 bits per heavy atom. The molecule has 0 amide bonds. The predicted octanol–water partition coefficient (Wildman–Crippen LogP) is 2.32. The third kappa shape index (κ3) is 186. The summed E-state index contributed by atoms with van der Waals surface area (Å²) in [5.41, 5.74) is 0. The Labute approximate surface area is 57.8 Å². The fourth-order valence-corrected chi connectivity index (χ4v) is 0. The van der Waals surface area contributed by atoms with Crippen LogP contribution in [0, 0.1) is 10.1 Å². The van der Waals surface area contributed by atoms with Crippen molar-refractivity contribution in [2.24, 2.45) is 5.34 Å². The molecule has 7 heavy (non-hydrogen) atoms. The van der Waals surface area contributed by atoms with E-state index in [0.717, 1.165) is 5.34 Å². The summed E-state index contributed by atoms with van der Waals surface area (Å²) in [6, 6.07) is 0. The van der Waals surface area contributed by atoms with Crippen LogP contribution in [-0.4, -0.2) is 0 Å². The van der Waals surface area contributed by atoms with Crippen molar-refractivity contribution < 1.29 is 14.2 Å². The zero-order chi connectivity index (χ0) is 6.28. The molecule has 0 fully saturated rings. The maximum atomic E-state index is 8.00. The third-order valence-corrected chi connectivity index (χ3v) is 0. The van der Waals surface area contributed by atoms with Crippen LogP contribution >= 0.6 is 28.3 Å². The van der Waals surface area contributed by atoms with E-state index in [1.54, 1.807) is 0 Å². The molecule has 0 aromatic heterocycles. The molecule has 0 rings (SSSR count). The van der Waals surface area contributed by atoms with Gasteiger partial charge in [0.15, 0.2) is 0 Å². The summed E-state index contributed by atoms with van der Waals surface area (Å²) < 4.78 is 0. The normalized spacial score (nSPS) is 8.14. The van der Waals surface area contributed by atoms with Gasteiger partial charge >= 0.3 is 42.4 Å². The second kappa shape index (κ2) is 10.0. The molecule has 0 aliphatic rings. The molecule has 0 aromatic rings. The van der Waals surface area contributed by atoms with Crippen LogP contribution in [-0.2, 0) is 14.2 Å². The fourth-order valence-electron chi connectivity index (χ4n) is 0. The van der Waals surface area contributed by atoms with Crippen molar-refractivity contribution in [3.05, 3.63) is 10.1 Å². The summed E-state index contributed by atoms with van der Waals surface area (Å²) in [4.78, 5) is 8.00. The molecule has 0 saturated heterocycles. The molecule has 0 saturated carbocycles. The van der Waals surface area contributed by atoms with Gasteiger partial charge in [-0.3, -0.25) is 0 Å². The average Bonchev–Trinajstić information content (AvgIpc) is 1.33. The van der Waals surface area contributed by atoms with Crippen molar-refractivity contribution in [1.29, 1.82) is 0 Å². The van der Waals surface area contributed by atoms with Crippen molar-refractivity contribution in [3.8, 4) is 0 Å². The van der Waals surface area contributed by atoms with Gasteiger partial charge in [-0.15, -0.1) is 5.34 Å². The molecular formula is Cl3NO2Pt-. The first-order chi connectivity index (χ1) is 3.15. The van der Waals surface area contributed by atoms with Crippen molar-refractivity contribution >= 4 is 28.3 Å². The van der Waals surface area contributed by atoms with Gasteiger partial charge in [-0.25, -0.2) is 0 Å². The standard InChI is InChI=1S/3ClH.HNO2.Pt/c;;;2-1-3;/h3*1H;(H,2,3);/q;;;;+3/p-4. The van der Waals surface area contributed by atoms with E-state index in [-0.39, 0.29) is 0 Å². The molecule has 0 N–H and O–H groups in total. The molecule has 7 heteroatoms. The Morgan fingerprint density at radius 1 is 1.43 bits per heavy atom. The first-order valence-corrected chi connectivity index (χ1v) is 9.17. The summed E-state index contributed by atoms with van der Waals surface area (Å²) >= 11 is -1.85. The molecule has 49 valence electrons. The number of hydrogen-bond acceptors (Lipinski definition) is 3. The van der Waals surface area contributed by atoms with Crippen LogP contribution < -0.4 is 0 Å². The van der Waals surface area contributed by atoms with E-state index in [0.29, 0.717) is 0 Å². The number of rotatable bonds is 0. The van der Waals surface area contributed by atoms with E-state index in [1.807, 2.05) is 0 Å². The van der Waals surface area contributed by atoms with Gasteiger partial charge in [-0.2, -0.15) is 0 Å². The predicted molar refractivity (Wildman–Crippen MR) is 26.7 cm³/mol. The first kappa shape index (κ1) is 10.9. The second-order valence-corrected chi connectivity index (χ2v) is 10.1. The van der Waals surface area contributed by atoms with Crippen LogP contribution in [0.25, 0.3) is 0 Å². The molecule has 0 aliphatic heterocycles. The Kier molecular flexibility index (Phi) is 15.6. The summed E-state index contributed by atoms with van der Waals surface area (Å²) in [6.07, 6.45) is 0. The Bertz CT molecular complexity index is 37.2. The van der Waals surface area contributed by atoms with E-state index < -0.39 is 14.2 Å². The molecule has 0 aromatic carbocycles. The minimum absolute atomic E-state index is 1.00. The Morgan fingerprint density at radius 2 is 1.43 bits per heavy atom. The number of halogens is 3. The molecule has 0 heterocycles. The number of hydrogen-bond donors (Lipinski definition) is 0. The van der Waals surface area contributed by atoms with Crippen LogP contribution in [0.5, 0.6) is 0 Å². The van der Waals surface area contributed by atoms with Gasteiger partial charge in [0, 0.05) is 0 Å². The molecule has 0 aliphatic carbocycles. The Balaban J connectivity index is 0. The zero-order valence-electron chi connectivity index (χ0n) is 2.71. The first-order valence-electron chi connectivity index (χ1n) is 0.724. The molecule has 3 nitrogen and oxygen atoms in total. The van der Waals surface area contributed by atoms with Gasteiger partial charge in [0.1, 0.15) is 0 Å². The molecule has 0 unspecified atom stereocenters. The van der Waals surface area contributed by atoms with Crippen molar-refractivity contribution in [2.45, 2.75) is 0 Å². The summed E-state index contributed by atoms with van der Waals surface area (Å²) in [5.74, 6) is 0. The fraction of sp³-hybridized carbons (Fsp3) is 0. The van der Waals surface area contributed by atoms with Crippen LogP contribution in [0.15, 0.2) is 5.34 Å². The van der Waals surface area contributed by atoms with E-state index in [2.05, 4.69) is 0 Å². The van der Waals surface area contributed by atoms with Crippen LogP contribution in [0.3, 0.4) is 0 Å². The van der Waals surface area contributed by atoms with Crippen LogP contribution in [0.4, 0.5) is 0 Å². The monoisotopic (exact) mass is 346 g/mol. The summed E-state index contributed by atoms with van der Waals surface area (Å²) in [5, 5.41) is 9.00. The second-order valence-electron chi connectivity index (χ2n) is 0.210. The molecule has 0 atom stereocenters. The molecular weight excluding hydrogens is 347 g/mol. The van der Waals surface area contributed by atoms with E-state index in [4.69, 9.17) is 38.4 Å².